The Hall–Kier alpha value is 1.56. The zero-order chi connectivity index (χ0) is 21.4. The van der Waals surface area contributed by atoms with Crippen LogP contribution in [0.4, 0.5) is 0 Å². The van der Waals surface area contributed by atoms with E-state index in [1.54, 1.807) is 0 Å². The zero-order valence-electron chi connectivity index (χ0n) is 19.4. The van der Waals surface area contributed by atoms with Gasteiger partial charge >= 0.3 is 42.3 Å². The molecule has 5 nitrogen and oxygen atoms in total. The van der Waals surface area contributed by atoms with Crippen LogP contribution in [0.25, 0.3) is 4.65 Å². The molecule has 0 bridgehead atoms. The summed E-state index contributed by atoms with van der Waals surface area (Å²) in [5.41, 5.74) is 0. The maximum atomic E-state index is 4.82. The fourth-order valence-electron chi connectivity index (χ4n) is 1.93. The van der Waals surface area contributed by atoms with Gasteiger partial charge in [0, 0.05) is 0 Å². The molecule has 0 unspecified atom stereocenters. The predicted molar refractivity (Wildman–Crippen MR) is 119 cm³/mol. The molecule has 26 heavy (non-hydrogen) atoms. The molecule has 0 saturated heterocycles. The van der Waals surface area contributed by atoms with Crippen LogP contribution in [0.15, 0.2) is 0 Å². The van der Waals surface area contributed by atoms with Gasteiger partial charge in [-0.25, -0.2) is 13.3 Å². The largest absolute Gasteiger partial charge is 2.00 e. The first-order valence-corrected chi connectivity index (χ1v) is 16.4. The van der Waals surface area contributed by atoms with E-state index in [4.69, 9.17) is 4.65 Å². The Morgan fingerprint density at radius 3 is 0.731 bits per heavy atom. The van der Waals surface area contributed by atoms with Crippen molar-refractivity contribution >= 4 is 26.6 Å². The normalized spacial score (nSPS) is 11.1. The van der Waals surface area contributed by atoms with Gasteiger partial charge in [-0.05, 0) is 56.4 Å². The summed E-state index contributed by atoms with van der Waals surface area (Å²) >= 11 is 3.66. The quantitative estimate of drug-likeness (QED) is 0.385. The Kier molecular flexibility index (Phi) is 31.3. The van der Waals surface area contributed by atoms with E-state index in [1.807, 2.05) is 89.3 Å². The van der Waals surface area contributed by atoms with Gasteiger partial charge < -0.3 is 24.2 Å². The third-order valence-electron chi connectivity index (χ3n) is 1.59. The van der Waals surface area contributed by atoms with Crippen molar-refractivity contribution in [2.24, 2.45) is 0 Å². The van der Waals surface area contributed by atoms with Gasteiger partial charge in [-0.15, -0.1) is 0 Å². The van der Waals surface area contributed by atoms with Crippen LogP contribution in [0.2, 0.25) is 39.3 Å². The Bertz CT molecular complexity index is 234. The maximum absolute atomic E-state index is 4.82. The van der Waals surface area contributed by atoms with Gasteiger partial charge in [0.05, 0.1) is 0 Å². The van der Waals surface area contributed by atoms with Gasteiger partial charge in [-0.1, -0.05) is 55.8 Å². The van der Waals surface area contributed by atoms with Crippen LogP contribution in [-0.2, 0) is 32.2 Å². The van der Waals surface area contributed by atoms with E-state index in [1.165, 1.54) is 0 Å². The molecule has 0 aliphatic carbocycles. The summed E-state index contributed by atoms with van der Waals surface area (Å²) < 4.78 is 4.82. The number of halogens is 1. The Morgan fingerprint density at radius 1 is 0.577 bits per heavy atom. The molecule has 0 saturated carbocycles. The van der Waals surface area contributed by atoms with Gasteiger partial charge in [-0.3, -0.25) is 0 Å². The van der Waals surface area contributed by atoms with E-state index in [2.05, 4.69) is 64.5 Å². The van der Waals surface area contributed by atoms with Crippen LogP contribution >= 0.6 is 10.1 Å². The molecule has 0 spiro atoms. The summed E-state index contributed by atoms with van der Waals surface area (Å²) in [5, 5.41) is 0. The Balaban J connectivity index is -0.0000000801. The molecule has 170 valence electrons. The average molecular weight is 525 g/mol. The zero-order valence-corrected chi connectivity index (χ0v) is 24.0. The van der Waals surface area contributed by atoms with Crippen molar-refractivity contribution < 1.29 is 32.2 Å². The fraction of sp³-hybridized carbons (Fsp3) is 0.875. The summed E-state index contributed by atoms with van der Waals surface area (Å²) in [6, 6.07) is 0. The molecule has 1 radical (unpaired) electrons. The summed E-state index contributed by atoms with van der Waals surface area (Å²) in [6.07, 6.45) is 0. The van der Waals surface area contributed by atoms with Gasteiger partial charge in [0.1, 0.15) is 0 Å². The van der Waals surface area contributed by atoms with Crippen molar-refractivity contribution in [1.29, 1.82) is 0 Å². The van der Waals surface area contributed by atoms with E-state index in [0.717, 1.165) is 0 Å². The molecule has 0 aromatic heterocycles. The van der Waals surface area contributed by atoms with Gasteiger partial charge in [-0.2, -0.15) is 0 Å². The van der Waals surface area contributed by atoms with E-state index < -0.39 is 16.5 Å². The van der Waals surface area contributed by atoms with Crippen molar-refractivity contribution in [2.45, 2.75) is 39.3 Å². The minimum Gasteiger partial charge on any atom is 2.00 e. The van der Waals surface area contributed by atoms with E-state index >= 15 is 0 Å². The SMILES string of the molecule is CN(C)[CH-]N(C)C.CN(C)[CH-]N(C)C.C[Si](C)(C)[N-][Si](C)(C)C.[Cl][Cu+].[Cu+2]. The first kappa shape index (κ1) is 38.2. The van der Waals surface area contributed by atoms with Crippen LogP contribution in [0.3, 0.4) is 0 Å². The van der Waals surface area contributed by atoms with Gasteiger partial charge in [0.25, 0.3) is 0 Å². The van der Waals surface area contributed by atoms with Crippen LogP contribution in [0.5, 0.6) is 0 Å². The van der Waals surface area contributed by atoms with Crippen LogP contribution in [0, 0.1) is 13.3 Å². The molecule has 0 heterocycles. The van der Waals surface area contributed by atoms with Crippen LogP contribution in [-0.4, -0.2) is 92.5 Å². The van der Waals surface area contributed by atoms with E-state index in [9.17, 15) is 0 Å². The topological polar surface area (TPSA) is 27.1 Å². The second kappa shape index (κ2) is 21.3. The standard InChI is InChI=1S/C6H18NSi2.2C5H13N2.ClH.2Cu/c1-8(2,3)7-9(4,5)6;2*1-6(2)5-7(3)4;;;/h1-6H3;2*5H,1-4H3;1H;;/q3*-1;;2*+2/p-1. The number of hydrogen-bond donors (Lipinski definition) is 0. The minimum absolute atomic E-state index is 0. The van der Waals surface area contributed by atoms with Crippen molar-refractivity contribution in [3.05, 3.63) is 18.0 Å². The molecule has 0 aromatic carbocycles. The second-order valence-electron chi connectivity index (χ2n) is 8.54. The van der Waals surface area contributed by atoms with Gasteiger partial charge in [0.2, 0.25) is 0 Å². The predicted octanol–water partition coefficient (Wildman–Crippen LogP) is 4.17. The summed E-state index contributed by atoms with van der Waals surface area (Å²) in [6.45, 7) is 17.8. The van der Waals surface area contributed by atoms with Crippen molar-refractivity contribution in [3.63, 3.8) is 0 Å². The van der Waals surface area contributed by atoms with Crippen LogP contribution in [0.1, 0.15) is 0 Å². The van der Waals surface area contributed by atoms with Crippen molar-refractivity contribution in [1.82, 2.24) is 19.6 Å². The molecule has 10 heteroatoms. The van der Waals surface area contributed by atoms with Crippen molar-refractivity contribution in [2.75, 3.05) is 56.4 Å². The number of rotatable bonds is 6. The molecular formula is C16H44ClCu2N5Si2. The number of hydrogen-bond acceptors (Lipinski definition) is 4. The molecule has 0 aromatic rings. The second-order valence-corrected chi connectivity index (χ2v) is 18.1. The smallest absolute Gasteiger partial charge is 2.00 e. The molecule has 0 aliphatic rings. The maximum Gasteiger partial charge on any atom is 2.00 e. The Morgan fingerprint density at radius 2 is 0.731 bits per heavy atom. The Labute approximate surface area is 191 Å². The van der Waals surface area contributed by atoms with Gasteiger partial charge in [0.15, 0.2) is 0 Å². The monoisotopic (exact) mass is 523 g/mol. The number of nitrogens with zero attached hydrogens (tertiary/aromatic N) is 5. The summed E-state index contributed by atoms with van der Waals surface area (Å²) in [5.74, 6) is 0. The fourth-order valence-corrected chi connectivity index (χ4v) is 9.98. The molecule has 0 aliphatic heterocycles. The van der Waals surface area contributed by atoms with Crippen LogP contribution < -0.4 is 0 Å². The summed E-state index contributed by atoms with van der Waals surface area (Å²) in [7, 11) is 18.0. The minimum atomic E-state index is -1.11. The molecular weight excluding hydrogens is 481 g/mol. The first-order valence-electron chi connectivity index (χ1n) is 8.17. The first-order chi connectivity index (χ1) is 11.0. The third-order valence-corrected chi connectivity index (χ3v) is 6.96. The molecule has 0 fully saturated rings. The van der Waals surface area contributed by atoms with E-state index in [0.29, 0.717) is 0 Å². The summed E-state index contributed by atoms with van der Waals surface area (Å²) in [4.78, 5) is 8.00. The molecule has 0 rings (SSSR count). The average Bonchev–Trinajstić information content (AvgIpc) is 2.23. The third kappa shape index (κ3) is 63.7. The van der Waals surface area contributed by atoms with Crippen molar-refractivity contribution in [3.8, 4) is 0 Å². The van der Waals surface area contributed by atoms with E-state index in [-0.39, 0.29) is 17.1 Å². The molecule has 0 atom stereocenters. The molecule has 0 N–H and O–H groups in total. The molecule has 0 amide bonds.